The van der Waals surface area contributed by atoms with Gasteiger partial charge in [0.1, 0.15) is 11.8 Å². The number of hydrogen-bond donors (Lipinski definition) is 0. The van der Waals surface area contributed by atoms with Crippen molar-refractivity contribution in [1.82, 2.24) is 19.6 Å². The summed E-state index contributed by atoms with van der Waals surface area (Å²) in [5, 5.41) is 4.20. The third-order valence-corrected chi connectivity index (χ3v) is 4.73. The van der Waals surface area contributed by atoms with E-state index >= 15 is 0 Å². The van der Waals surface area contributed by atoms with Gasteiger partial charge in [-0.2, -0.15) is 5.10 Å². The molecule has 0 bridgehead atoms. The number of ether oxygens (including phenoxy) is 1. The zero-order valence-corrected chi connectivity index (χ0v) is 15.2. The Morgan fingerprint density at radius 1 is 1.12 bits per heavy atom. The molecule has 0 unspecified atom stereocenters. The van der Waals surface area contributed by atoms with E-state index in [0.717, 1.165) is 0 Å². The molecule has 7 heteroatoms. The van der Waals surface area contributed by atoms with Crippen LogP contribution in [0.15, 0.2) is 42.7 Å². The Balaban J connectivity index is 1.63. The number of amides is 2. The second-order valence-electron chi connectivity index (χ2n) is 6.23. The normalized spacial score (nSPS) is 15.6. The first-order chi connectivity index (χ1) is 12.7. The van der Waals surface area contributed by atoms with E-state index in [2.05, 4.69) is 5.10 Å². The summed E-state index contributed by atoms with van der Waals surface area (Å²) in [5.41, 5.74) is 0.553. The van der Waals surface area contributed by atoms with Crippen molar-refractivity contribution in [2.45, 2.75) is 19.4 Å². The van der Waals surface area contributed by atoms with Gasteiger partial charge in [0.05, 0.1) is 12.7 Å². The minimum absolute atomic E-state index is 0.0561. The molecule has 1 aliphatic rings. The number of piperazine rings is 1. The van der Waals surface area contributed by atoms with Crippen LogP contribution in [0, 0.1) is 0 Å². The number of methoxy groups -OCH3 is 1. The molecule has 2 aromatic rings. The Bertz CT molecular complexity index is 752. The van der Waals surface area contributed by atoms with Gasteiger partial charge in [-0.05, 0) is 24.6 Å². The number of hydrogen-bond acceptors (Lipinski definition) is 4. The monoisotopic (exact) mass is 356 g/mol. The van der Waals surface area contributed by atoms with E-state index < -0.39 is 0 Å². The van der Waals surface area contributed by atoms with Gasteiger partial charge >= 0.3 is 0 Å². The largest absolute Gasteiger partial charge is 0.496 e. The van der Waals surface area contributed by atoms with Gasteiger partial charge in [0.2, 0.25) is 5.91 Å². The summed E-state index contributed by atoms with van der Waals surface area (Å²) in [7, 11) is 1.56. The summed E-state index contributed by atoms with van der Waals surface area (Å²) < 4.78 is 6.99. The average molecular weight is 356 g/mol. The van der Waals surface area contributed by atoms with E-state index in [1.165, 1.54) is 0 Å². The topological polar surface area (TPSA) is 67.7 Å². The molecule has 2 heterocycles. The number of carbonyl (C=O) groups excluding carboxylic acids is 2. The molecular weight excluding hydrogens is 332 g/mol. The van der Waals surface area contributed by atoms with E-state index in [4.69, 9.17) is 4.74 Å². The van der Waals surface area contributed by atoms with Crippen LogP contribution in [0.3, 0.4) is 0 Å². The zero-order valence-electron chi connectivity index (χ0n) is 15.2. The van der Waals surface area contributed by atoms with Gasteiger partial charge in [-0.1, -0.05) is 19.1 Å². The highest BCUT2D eigenvalue weighted by Crippen LogP contribution is 2.21. The SMILES string of the molecule is CC[C@H](C(=O)N1CCN(C(=O)c2ccccc2OC)CC1)n1cccn1. The van der Waals surface area contributed by atoms with E-state index in [1.54, 1.807) is 35.0 Å². The first-order valence-corrected chi connectivity index (χ1v) is 8.86. The summed E-state index contributed by atoms with van der Waals surface area (Å²) in [6.07, 6.45) is 4.17. The van der Waals surface area contributed by atoms with E-state index in [1.807, 2.05) is 36.2 Å². The predicted molar refractivity (Wildman–Crippen MR) is 97.0 cm³/mol. The molecular formula is C19H24N4O3. The van der Waals surface area contributed by atoms with Crippen molar-refractivity contribution in [3.8, 4) is 5.75 Å². The Morgan fingerprint density at radius 2 is 1.81 bits per heavy atom. The maximum absolute atomic E-state index is 12.8. The lowest BCUT2D eigenvalue weighted by Gasteiger charge is -2.36. The van der Waals surface area contributed by atoms with Crippen LogP contribution in [0.25, 0.3) is 0 Å². The molecule has 138 valence electrons. The van der Waals surface area contributed by atoms with Crippen LogP contribution in [0.4, 0.5) is 0 Å². The highest BCUT2D eigenvalue weighted by Gasteiger charge is 2.30. The molecule has 26 heavy (non-hydrogen) atoms. The minimum atomic E-state index is -0.290. The molecule has 7 nitrogen and oxygen atoms in total. The molecule has 1 saturated heterocycles. The molecule has 1 aromatic carbocycles. The molecule has 1 atom stereocenters. The minimum Gasteiger partial charge on any atom is -0.496 e. The number of benzene rings is 1. The predicted octanol–water partition coefficient (Wildman–Crippen LogP) is 1.83. The third-order valence-electron chi connectivity index (χ3n) is 4.73. The fourth-order valence-corrected chi connectivity index (χ4v) is 3.27. The van der Waals surface area contributed by atoms with Crippen molar-refractivity contribution < 1.29 is 14.3 Å². The second kappa shape index (κ2) is 8.03. The molecule has 0 aliphatic carbocycles. The van der Waals surface area contributed by atoms with Crippen LogP contribution in [0.5, 0.6) is 5.75 Å². The van der Waals surface area contributed by atoms with Crippen molar-refractivity contribution in [3.05, 3.63) is 48.3 Å². The molecule has 0 saturated carbocycles. The zero-order chi connectivity index (χ0) is 18.5. The Kier molecular flexibility index (Phi) is 5.55. The lowest BCUT2D eigenvalue weighted by atomic mass is 10.1. The van der Waals surface area contributed by atoms with Gasteiger partial charge in [0, 0.05) is 38.6 Å². The third kappa shape index (κ3) is 3.56. The molecule has 1 aliphatic heterocycles. The van der Waals surface area contributed by atoms with Crippen LogP contribution in [-0.2, 0) is 4.79 Å². The first kappa shape index (κ1) is 18.0. The summed E-state index contributed by atoms with van der Waals surface area (Å²) in [4.78, 5) is 29.2. The van der Waals surface area contributed by atoms with Crippen molar-refractivity contribution in [3.63, 3.8) is 0 Å². The molecule has 1 fully saturated rings. The van der Waals surface area contributed by atoms with Gasteiger partial charge in [-0.15, -0.1) is 0 Å². The second-order valence-corrected chi connectivity index (χ2v) is 6.23. The lowest BCUT2D eigenvalue weighted by Crippen LogP contribution is -2.52. The van der Waals surface area contributed by atoms with E-state index in [9.17, 15) is 9.59 Å². The number of carbonyl (C=O) groups is 2. The fraction of sp³-hybridized carbons (Fsp3) is 0.421. The van der Waals surface area contributed by atoms with Crippen LogP contribution < -0.4 is 4.74 Å². The maximum Gasteiger partial charge on any atom is 0.257 e. The lowest BCUT2D eigenvalue weighted by molar-refractivity contribution is -0.136. The van der Waals surface area contributed by atoms with Crippen molar-refractivity contribution in [2.75, 3.05) is 33.3 Å². The van der Waals surface area contributed by atoms with Crippen LogP contribution in [-0.4, -0.2) is 64.7 Å². The quantitative estimate of drug-likeness (QED) is 0.820. The molecule has 2 amide bonds. The summed E-state index contributed by atoms with van der Waals surface area (Å²) in [6.45, 7) is 4.05. The van der Waals surface area contributed by atoms with Crippen molar-refractivity contribution in [1.29, 1.82) is 0 Å². The maximum atomic E-state index is 12.8. The summed E-state index contributed by atoms with van der Waals surface area (Å²) >= 11 is 0. The highest BCUT2D eigenvalue weighted by molar-refractivity contribution is 5.97. The highest BCUT2D eigenvalue weighted by atomic mass is 16.5. The van der Waals surface area contributed by atoms with Gasteiger partial charge in [0.15, 0.2) is 0 Å². The molecule has 0 N–H and O–H groups in total. The number of aromatic nitrogens is 2. The van der Waals surface area contributed by atoms with Crippen LogP contribution >= 0.6 is 0 Å². The summed E-state index contributed by atoms with van der Waals surface area (Å²) in [6, 6.07) is 8.74. The van der Waals surface area contributed by atoms with Crippen molar-refractivity contribution >= 4 is 11.8 Å². The number of para-hydroxylation sites is 1. The number of rotatable bonds is 5. The first-order valence-electron chi connectivity index (χ1n) is 8.86. The van der Waals surface area contributed by atoms with Crippen molar-refractivity contribution in [2.24, 2.45) is 0 Å². The van der Waals surface area contributed by atoms with Gasteiger partial charge < -0.3 is 14.5 Å². The van der Waals surface area contributed by atoms with Gasteiger partial charge in [0.25, 0.3) is 5.91 Å². The van der Waals surface area contributed by atoms with Crippen LogP contribution in [0.2, 0.25) is 0 Å². The Hall–Kier alpha value is -2.83. The number of nitrogens with zero attached hydrogens (tertiary/aromatic N) is 4. The Morgan fingerprint density at radius 3 is 2.42 bits per heavy atom. The van der Waals surface area contributed by atoms with E-state index in [0.29, 0.717) is 43.9 Å². The standard InChI is InChI=1S/C19H24N4O3/c1-3-16(23-10-6-9-20-23)19(25)22-13-11-21(12-14-22)18(24)15-7-4-5-8-17(15)26-2/h4-10,16H,3,11-14H2,1-2H3/t16-/m1/s1. The van der Waals surface area contributed by atoms with Crippen LogP contribution in [0.1, 0.15) is 29.7 Å². The molecule has 0 spiro atoms. The molecule has 3 rings (SSSR count). The van der Waals surface area contributed by atoms with Gasteiger partial charge in [-0.25, -0.2) is 0 Å². The summed E-state index contributed by atoms with van der Waals surface area (Å²) in [5.74, 6) is 0.565. The average Bonchev–Trinajstić information content (AvgIpc) is 3.22. The molecule has 0 radical (unpaired) electrons. The fourth-order valence-electron chi connectivity index (χ4n) is 3.27. The van der Waals surface area contributed by atoms with Gasteiger partial charge in [-0.3, -0.25) is 14.3 Å². The molecule has 1 aromatic heterocycles. The Labute approximate surface area is 153 Å². The smallest absolute Gasteiger partial charge is 0.257 e. The van der Waals surface area contributed by atoms with E-state index in [-0.39, 0.29) is 17.9 Å².